The fourth-order valence-electron chi connectivity index (χ4n) is 8.36. The molecule has 0 radical (unpaired) electrons. The van der Waals surface area contributed by atoms with Gasteiger partial charge in [-0.15, -0.1) is 0 Å². The van der Waals surface area contributed by atoms with E-state index in [4.69, 9.17) is 9.11 Å². The van der Waals surface area contributed by atoms with Crippen LogP contribution >= 0.6 is 0 Å². The van der Waals surface area contributed by atoms with E-state index >= 15 is 0 Å². The quantitative estimate of drug-likeness (QED) is 0.0619. The molecule has 0 spiro atoms. The van der Waals surface area contributed by atoms with Gasteiger partial charge in [0, 0.05) is 0 Å². The molecule has 0 aromatic heterocycles. The van der Waals surface area contributed by atoms with Crippen LogP contribution in [0.2, 0.25) is 0 Å². The summed E-state index contributed by atoms with van der Waals surface area (Å²) in [6, 6.07) is 13.0. The summed E-state index contributed by atoms with van der Waals surface area (Å²) in [5, 5.41) is 0. The smallest absolute Gasteiger partial charge is 0.294 e. The van der Waals surface area contributed by atoms with E-state index in [1.807, 2.05) is 0 Å². The molecule has 9 heteroatoms. The first kappa shape index (κ1) is 52.4. The minimum absolute atomic E-state index is 0.0284. The molecule has 0 atom stereocenters. The molecule has 4 rings (SSSR count). The maximum atomic E-state index is 10.9. The Morgan fingerprint density at radius 1 is 0.466 bits per heavy atom. The number of hydrogen-bond acceptors (Lipinski definition) is 5. The summed E-state index contributed by atoms with van der Waals surface area (Å²) >= 11 is 0. The van der Waals surface area contributed by atoms with Gasteiger partial charge in [-0.3, -0.25) is 9.11 Å². The normalized spacial score (nSPS) is 14.9. The Balaban J connectivity index is 0.000000307. The third-order valence-electron chi connectivity index (χ3n) is 12.1. The highest BCUT2D eigenvalue weighted by Gasteiger charge is 2.15. The van der Waals surface area contributed by atoms with Crippen LogP contribution in [0.3, 0.4) is 0 Å². The number of hydrogen-bond donors (Lipinski definition) is 2. The Kier molecular flexibility index (Phi) is 29.7. The number of rotatable bonds is 29. The summed E-state index contributed by atoms with van der Waals surface area (Å²) in [7, 11) is -8.13. The van der Waals surface area contributed by atoms with Gasteiger partial charge in [0.05, 0.1) is 9.79 Å². The van der Waals surface area contributed by atoms with E-state index in [-0.39, 0.29) is 9.79 Å². The Labute approximate surface area is 357 Å². The second-order valence-corrected chi connectivity index (χ2v) is 20.1. The number of likely N-dealkylation sites (tertiary alicyclic amines) is 1. The van der Waals surface area contributed by atoms with Gasteiger partial charge in [-0.05, 0) is 106 Å². The lowest BCUT2D eigenvalue weighted by Crippen LogP contribution is -2.20. The summed E-state index contributed by atoms with van der Waals surface area (Å²) in [6.45, 7) is 8.63. The number of aryl methyl sites for hydroxylation is 2. The van der Waals surface area contributed by atoms with Gasteiger partial charge in [0.1, 0.15) is 0 Å². The van der Waals surface area contributed by atoms with Crippen molar-refractivity contribution < 1.29 is 25.9 Å². The molecule has 2 N–H and O–H groups in total. The van der Waals surface area contributed by atoms with E-state index < -0.39 is 20.2 Å². The summed E-state index contributed by atoms with van der Waals surface area (Å²) < 4.78 is 61.6. The van der Waals surface area contributed by atoms with Crippen LogP contribution < -0.4 is 0 Å². The highest BCUT2D eigenvalue weighted by molar-refractivity contribution is 7.86. The van der Waals surface area contributed by atoms with Crippen molar-refractivity contribution >= 4 is 20.2 Å². The third-order valence-corrected chi connectivity index (χ3v) is 13.8. The molecule has 58 heavy (non-hydrogen) atoms. The number of nitrogens with zero attached hydrogens (tertiary/aromatic N) is 1. The molecule has 1 saturated carbocycles. The zero-order valence-corrected chi connectivity index (χ0v) is 38.7. The topological polar surface area (TPSA) is 112 Å². The molecule has 1 saturated heterocycles. The molecule has 334 valence electrons. The van der Waals surface area contributed by atoms with Crippen molar-refractivity contribution in [1.29, 1.82) is 0 Å². The molecule has 2 fully saturated rings. The first-order valence-electron chi connectivity index (χ1n) is 23.9. The molecule has 1 heterocycles. The predicted molar refractivity (Wildman–Crippen MR) is 245 cm³/mol. The molecule has 0 amide bonds. The SMILES string of the molecule is C1CCC(CCCCN2CCCC2)C1.CCCCCCCCCCCCc1ccc(S(=O)(=O)O)cc1.CCCCCCCCCCCCc1ccc(S(=O)(=O)O)cc1. The zero-order valence-electron chi connectivity index (χ0n) is 37.0. The number of unbranched alkanes of at least 4 members (excludes halogenated alkanes) is 19. The molecule has 2 aromatic carbocycles. The standard InChI is InChI=1S/2C18H30O3S.C13H25N/c2*1-2-3-4-5-6-7-8-9-10-11-12-17-13-15-18(16-14-17)22(19,20)21;1-2-8-13(7-1)9-3-4-10-14-11-5-6-12-14/h2*13-16H,2-12H2,1H3,(H,19,20,21);13H,1-12H2. The molecule has 0 unspecified atom stereocenters. The van der Waals surface area contributed by atoms with Gasteiger partial charge in [0.15, 0.2) is 0 Å². The maximum absolute atomic E-state index is 10.9. The van der Waals surface area contributed by atoms with Crippen molar-refractivity contribution in [2.24, 2.45) is 5.92 Å². The van der Waals surface area contributed by atoms with Gasteiger partial charge in [0.25, 0.3) is 20.2 Å². The van der Waals surface area contributed by atoms with Crippen molar-refractivity contribution in [3.63, 3.8) is 0 Å². The maximum Gasteiger partial charge on any atom is 0.294 e. The summed E-state index contributed by atoms with van der Waals surface area (Å²) in [5.41, 5.74) is 2.26. The zero-order chi connectivity index (χ0) is 42.2. The molecule has 1 aliphatic carbocycles. The van der Waals surface area contributed by atoms with Crippen LogP contribution in [0.4, 0.5) is 0 Å². The molecule has 2 aromatic rings. The molecule has 1 aliphatic heterocycles. The second kappa shape index (κ2) is 32.9. The van der Waals surface area contributed by atoms with Gasteiger partial charge < -0.3 is 4.90 Å². The summed E-state index contributed by atoms with van der Waals surface area (Å²) in [6.07, 6.45) is 41.7. The van der Waals surface area contributed by atoms with E-state index in [9.17, 15) is 16.8 Å². The molecule has 7 nitrogen and oxygen atoms in total. The van der Waals surface area contributed by atoms with Crippen molar-refractivity contribution in [3.8, 4) is 0 Å². The fraction of sp³-hybridized carbons (Fsp3) is 0.755. The minimum Gasteiger partial charge on any atom is -0.303 e. The van der Waals surface area contributed by atoms with Gasteiger partial charge in [-0.1, -0.05) is 192 Å². The third kappa shape index (κ3) is 27.1. The second-order valence-electron chi connectivity index (χ2n) is 17.3. The molecular formula is C49H85NO6S2. The van der Waals surface area contributed by atoms with Crippen LogP contribution in [0.15, 0.2) is 58.3 Å². The Bertz CT molecular complexity index is 1350. The van der Waals surface area contributed by atoms with Crippen molar-refractivity contribution in [1.82, 2.24) is 4.90 Å². The van der Waals surface area contributed by atoms with E-state index in [1.54, 1.807) is 24.3 Å². The highest BCUT2D eigenvalue weighted by Crippen LogP contribution is 2.29. The predicted octanol–water partition coefficient (Wildman–Crippen LogP) is 14.2. The lowest BCUT2D eigenvalue weighted by atomic mass is 10.0. The van der Waals surface area contributed by atoms with Crippen LogP contribution in [-0.2, 0) is 33.1 Å². The van der Waals surface area contributed by atoms with Gasteiger partial charge in [-0.2, -0.15) is 16.8 Å². The van der Waals surface area contributed by atoms with E-state index in [1.165, 1.54) is 217 Å². The molecule has 0 bridgehead atoms. The highest BCUT2D eigenvalue weighted by atomic mass is 32.2. The van der Waals surface area contributed by atoms with Crippen LogP contribution in [0.5, 0.6) is 0 Å². The van der Waals surface area contributed by atoms with Crippen LogP contribution in [0.25, 0.3) is 0 Å². The molecule has 2 aliphatic rings. The van der Waals surface area contributed by atoms with E-state index in [0.29, 0.717) is 0 Å². The Hall–Kier alpha value is -1.78. The first-order chi connectivity index (χ1) is 28.0. The summed E-state index contributed by atoms with van der Waals surface area (Å²) in [5.74, 6) is 1.11. The van der Waals surface area contributed by atoms with Gasteiger partial charge in [-0.25, -0.2) is 0 Å². The largest absolute Gasteiger partial charge is 0.303 e. The van der Waals surface area contributed by atoms with Crippen molar-refractivity contribution in [2.75, 3.05) is 19.6 Å². The Morgan fingerprint density at radius 3 is 1.16 bits per heavy atom. The fourth-order valence-corrected chi connectivity index (χ4v) is 9.32. The van der Waals surface area contributed by atoms with Crippen LogP contribution in [0, 0.1) is 5.92 Å². The molecular weight excluding hydrogens is 763 g/mol. The van der Waals surface area contributed by atoms with Gasteiger partial charge in [0.2, 0.25) is 0 Å². The van der Waals surface area contributed by atoms with Crippen LogP contribution in [-0.4, -0.2) is 50.5 Å². The number of benzene rings is 2. The van der Waals surface area contributed by atoms with Crippen molar-refractivity contribution in [3.05, 3.63) is 59.7 Å². The van der Waals surface area contributed by atoms with Crippen molar-refractivity contribution in [2.45, 2.75) is 223 Å². The first-order valence-corrected chi connectivity index (χ1v) is 26.8. The summed E-state index contributed by atoms with van der Waals surface area (Å²) in [4.78, 5) is 2.59. The van der Waals surface area contributed by atoms with E-state index in [0.717, 1.165) is 42.7 Å². The van der Waals surface area contributed by atoms with Crippen LogP contribution in [0.1, 0.15) is 211 Å². The lowest BCUT2D eigenvalue weighted by molar-refractivity contribution is 0.322. The van der Waals surface area contributed by atoms with Gasteiger partial charge >= 0.3 is 0 Å². The minimum atomic E-state index is -4.06. The monoisotopic (exact) mass is 848 g/mol. The average molecular weight is 848 g/mol. The van der Waals surface area contributed by atoms with E-state index in [2.05, 4.69) is 18.7 Å². The lowest BCUT2D eigenvalue weighted by Gasteiger charge is -2.15. The Morgan fingerprint density at radius 2 is 0.810 bits per heavy atom. The average Bonchev–Trinajstić information content (AvgIpc) is 3.94.